The second-order valence-electron chi connectivity index (χ2n) is 5.51. The highest BCUT2D eigenvalue weighted by molar-refractivity contribution is 6.30. The van der Waals surface area contributed by atoms with Gasteiger partial charge in [-0.1, -0.05) is 23.7 Å². The summed E-state index contributed by atoms with van der Waals surface area (Å²) in [5.41, 5.74) is 2.67. The first-order valence-corrected chi connectivity index (χ1v) is 8.11. The number of nitrogens with zero attached hydrogens (tertiary/aromatic N) is 3. The summed E-state index contributed by atoms with van der Waals surface area (Å²) in [7, 11) is 1.48. The van der Waals surface area contributed by atoms with Crippen LogP contribution in [0.4, 0.5) is 5.82 Å². The van der Waals surface area contributed by atoms with Crippen LogP contribution in [0.3, 0.4) is 0 Å². The minimum atomic E-state index is 0.0145. The predicted molar refractivity (Wildman–Crippen MR) is 99.5 cm³/mol. The molecule has 6 nitrogen and oxygen atoms in total. The van der Waals surface area contributed by atoms with E-state index < -0.39 is 0 Å². The van der Waals surface area contributed by atoms with Crippen LogP contribution in [0.1, 0.15) is 22.4 Å². The van der Waals surface area contributed by atoms with E-state index in [1.54, 1.807) is 18.2 Å². The maximum Gasteiger partial charge on any atom is 0.191 e. The van der Waals surface area contributed by atoms with Gasteiger partial charge >= 0.3 is 0 Å². The molecule has 0 aliphatic rings. The lowest BCUT2D eigenvalue weighted by atomic mass is 10.1. The van der Waals surface area contributed by atoms with E-state index in [2.05, 4.69) is 21.3 Å². The van der Waals surface area contributed by atoms with Crippen LogP contribution in [0.2, 0.25) is 5.02 Å². The van der Waals surface area contributed by atoms with Gasteiger partial charge in [-0.3, -0.25) is 5.10 Å². The fourth-order valence-electron chi connectivity index (χ4n) is 2.48. The van der Waals surface area contributed by atoms with E-state index in [-0.39, 0.29) is 5.75 Å². The van der Waals surface area contributed by atoms with Crippen molar-refractivity contribution < 1.29 is 9.84 Å². The first kappa shape index (κ1) is 17.5. The molecule has 26 heavy (non-hydrogen) atoms. The molecule has 0 unspecified atom stereocenters. The number of hydrogen-bond acceptors (Lipinski definition) is 5. The molecule has 0 atom stereocenters. The molecule has 2 N–H and O–H groups in total. The minimum absolute atomic E-state index is 0.0145. The smallest absolute Gasteiger partial charge is 0.191 e. The Balaban J connectivity index is 1.84. The summed E-state index contributed by atoms with van der Waals surface area (Å²) in [6, 6.07) is 14.5. The summed E-state index contributed by atoms with van der Waals surface area (Å²) in [5, 5.41) is 26.9. The Morgan fingerprint density at radius 3 is 2.88 bits per heavy atom. The van der Waals surface area contributed by atoms with Crippen molar-refractivity contribution in [2.75, 3.05) is 7.11 Å². The number of halogens is 1. The van der Waals surface area contributed by atoms with Gasteiger partial charge in [-0.25, -0.2) is 4.99 Å². The molecule has 0 aliphatic heterocycles. The molecular formula is C19H15ClN4O2. The third-order valence-electron chi connectivity index (χ3n) is 3.74. The number of phenols is 1. The zero-order valence-corrected chi connectivity index (χ0v) is 14.7. The third kappa shape index (κ3) is 3.85. The monoisotopic (exact) mass is 366 g/mol. The fraction of sp³-hybridized carbons (Fsp3) is 0.105. The fourth-order valence-corrected chi connectivity index (χ4v) is 2.69. The standard InChI is InChI=1S/C19H15ClN4O2/c1-26-18-6-5-13(9-17(18)25)11-22-19-15(10-21)16(23-24-19)8-12-3-2-4-14(20)7-12/h2-7,9,11,25H,8H2,1H3,(H,23,24). The van der Waals surface area contributed by atoms with Crippen molar-refractivity contribution in [1.29, 1.82) is 5.26 Å². The van der Waals surface area contributed by atoms with E-state index in [9.17, 15) is 10.4 Å². The lowest BCUT2D eigenvalue weighted by molar-refractivity contribution is 0.373. The van der Waals surface area contributed by atoms with Gasteiger partial charge < -0.3 is 9.84 Å². The SMILES string of the molecule is COc1ccc(C=Nc2n[nH]c(Cc3cccc(Cl)c3)c2C#N)cc1O. The van der Waals surface area contributed by atoms with Crippen LogP contribution < -0.4 is 4.74 Å². The summed E-state index contributed by atoms with van der Waals surface area (Å²) >= 11 is 6.00. The molecule has 3 rings (SSSR count). The van der Waals surface area contributed by atoms with E-state index in [0.717, 1.165) is 5.56 Å². The average molecular weight is 367 g/mol. The van der Waals surface area contributed by atoms with Gasteiger partial charge in [0.1, 0.15) is 11.6 Å². The van der Waals surface area contributed by atoms with Crippen LogP contribution in [0.15, 0.2) is 47.5 Å². The van der Waals surface area contributed by atoms with E-state index in [4.69, 9.17) is 16.3 Å². The molecule has 0 spiro atoms. The molecule has 130 valence electrons. The first-order valence-electron chi connectivity index (χ1n) is 7.73. The molecule has 0 saturated heterocycles. The highest BCUT2D eigenvalue weighted by Crippen LogP contribution is 2.26. The topological polar surface area (TPSA) is 94.3 Å². The number of phenolic OH excluding ortho intramolecular Hbond substituents is 1. The number of nitrogens with one attached hydrogen (secondary N) is 1. The number of ether oxygens (including phenoxy) is 1. The summed E-state index contributed by atoms with van der Waals surface area (Å²) in [6.07, 6.45) is 2.02. The van der Waals surface area contributed by atoms with Crippen molar-refractivity contribution >= 4 is 23.6 Å². The van der Waals surface area contributed by atoms with Gasteiger partial charge in [-0.15, -0.1) is 0 Å². The lowest BCUT2D eigenvalue weighted by Gasteiger charge is -2.02. The normalized spacial score (nSPS) is 10.8. The Morgan fingerprint density at radius 1 is 1.35 bits per heavy atom. The largest absolute Gasteiger partial charge is 0.504 e. The number of aromatic amines is 1. The quantitative estimate of drug-likeness (QED) is 0.667. The highest BCUT2D eigenvalue weighted by Gasteiger charge is 2.13. The van der Waals surface area contributed by atoms with Crippen LogP contribution >= 0.6 is 11.6 Å². The first-order chi connectivity index (χ1) is 12.6. The third-order valence-corrected chi connectivity index (χ3v) is 3.98. The predicted octanol–water partition coefficient (Wildman–Crippen LogP) is 3.99. The van der Waals surface area contributed by atoms with Crippen LogP contribution in [-0.2, 0) is 6.42 Å². The number of rotatable bonds is 5. The summed E-state index contributed by atoms with van der Waals surface area (Å²) in [5.74, 6) is 0.684. The molecule has 7 heteroatoms. The number of aliphatic imine (C=N–C) groups is 1. The van der Waals surface area contributed by atoms with Crippen molar-refractivity contribution in [2.24, 2.45) is 4.99 Å². The molecule has 0 amide bonds. The van der Waals surface area contributed by atoms with Gasteiger partial charge in [0.25, 0.3) is 0 Å². The lowest BCUT2D eigenvalue weighted by Crippen LogP contribution is -1.91. The van der Waals surface area contributed by atoms with Gasteiger partial charge in [-0.05, 0) is 41.5 Å². The van der Waals surface area contributed by atoms with Gasteiger partial charge in [0.15, 0.2) is 17.3 Å². The molecule has 1 aromatic heterocycles. The number of H-pyrrole nitrogens is 1. The molecule has 0 aliphatic carbocycles. The molecule has 0 fully saturated rings. The summed E-state index contributed by atoms with van der Waals surface area (Å²) in [6.45, 7) is 0. The Morgan fingerprint density at radius 2 is 2.19 bits per heavy atom. The Hall–Kier alpha value is -3.30. The van der Waals surface area contributed by atoms with Gasteiger partial charge in [0.05, 0.1) is 12.8 Å². The number of nitriles is 1. The second-order valence-corrected chi connectivity index (χ2v) is 5.95. The van der Waals surface area contributed by atoms with Crippen LogP contribution in [-0.4, -0.2) is 28.6 Å². The Labute approximate surface area is 155 Å². The number of hydrogen-bond donors (Lipinski definition) is 2. The zero-order valence-electron chi connectivity index (χ0n) is 13.9. The minimum Gasteiger partial charge on any atom is -0.504 e. The van der Waals surface area contributed by atoms with Gasteiger partial charge in [-0.2, -0.15) is 10.4 Å². The second kappa shape index (κ2) is 7.72. The van der Waals surface area contributed by atoms with E-state index >= 15 is 0 Å². The van der Waals surface area contributed by atoms with Crippen molar-refractivity contribution in [3.8, 4) is 17.6 Å². The van der Waals surface area contributed by atoms with Crippen molar-refractivity contribution in [2.45, 2.75) is 6.42 Å². The molecular weight excluding hydrogens is 352 g/mol. The van der Waals surface area contributed by atoms with Crippen molar-refractivity contribution in [3.05, 3.63) is 69.9 Å². The van der Waals surface area contributed by atoms with Crippen LogP contribution in [0.25, 0.3) is 0 Å². The zero-order chi connectivity index (χ0) is 18.5. The molecule has 0 radical (unpaired) electrons. The number of aromatic nitrogens is 2. The van der Waals surface area contributed by atoms with E-state index in [0.29, 0.717) is 39.8 Å². The Bertz CT molecular complexity index is 1010. The number of aromatic hydroxyl groups is 1. The maximum atomic E-state index is 9.81. The van der Waals surface area contributed by atoms with Crippen molar-refractivity contribution in [1.82, 2.24) is 10.2 Å². The molecule has 3 aromatic rings. The summed E-state index contributed by atoms with van der Waals surface area (Å²) in [4.78, 5) is 4.26. The highest BCUT2D eigenvalue weighted by atomic mass is 35.5. The van der Waals surface area contributed by atoms with Crippen molar-refractivity contribution in [3.63, 3.8) is 0 Å². The maximum absolute atomic E-state index is 9.81. The molecule has 2 aromatic carbocycles. The van der Waals surface area contributed by atoms with Gasteiger partial charge in [0.2, 0.25) is 0 Å². The molecule has 0 bridgehead atoms. The van der Waals surface area contributed by atoms with E-state index in [1.165, 1.54) is 19.4 Å². The Kier molecular flexibility index (Phi) is 5.20. The summed E-state index contributed by atoms with van der Waals surface area (Å²) < 4.78 is 5.00. The molecule has 1 heterocycles. The average Bonchev–Trinajstić information content (AvgIpc) is 3.01. The van der Waals surface area contributed by atoms with E-state index in [1.807, 2.05) is 18.2 Å². The van der Waals surface area contributed by atoms with Gasteiger partial charge in [0, 0.05) is 17.7 Å². The number of methoxy groups -OCH3 is 1. The van der Waals surface area contributed by atoms with Crippen LogP contribution in [0.5, 0.6) is 11.5 Å². The number of benzene rings is 2. The molecule has 0 saturated carbocycles. The van der Waals surface area contributed by atoms with Crippen LogP contribution in [0, 0.1) is 11.3 Å².